The van der Waals surface area contributed by atoms with Gasteiger partial charge in [0.15, 0.2) is 13.1 Å². The minimum Gasteiger partial charge on any atom is -0.290 e. The fraction of sp³-hybridized carbons (Fsp3) is 0.190. The maximum atomic E-state index is 12.8. The van der Waals surface area contributed by atoms with Crippen LogP contribution < -0.4 is 4.72 Å². The molecule has 0 bridgehead atoms. The van der Waals surface area contributed by atoms with Crippen LogP contribution in [0.25, 0.3) is 11.1 Å². The molecule has 0 unspecified atom stereocenters. The highest BCUT2D eigenvalue weighted by Gasteiger charge is 2.24. The SMILES string of the molecule is CC(C)(C)NS(=O)(=O)c1ccccc1-c1ccc(C(=O)C2=CC=C[B]2)cc1. The Balaban J connectivity index is 1.95. The number of hydrogen-bond donors (Lipinski definition) is 1. The molecule has 0 aromatic heterocycles. The third-order valence-electron chi connectivity index (χ3n) is 4.00. The third kappa shape index (κ3) is 4.46. The number of nitrogens with one attached hydrogen (secondary N) is 1. The Kier molecular flexibility index (Phi) is 5.22. The van der Waals surface area contributed by atoms with Gasteiger partial charge in [-0.3, -0.25) is 4.79 Å². The van der Waals surface area contributed by atoms with Gasteiger partial charge in [-0.1, -0.05) is 54.6 Å². The molecule has 137 valence electrons. The highest BCUT2D eigenvalue weighted by atomic mass is 32.2. The molecule has 1 aliphatic rings. The summed E-state index contributed by atoms with van der Waals surface area (Å²) in [5, 5.41) is 0. The number of carbonyl (C=O) groups is 1. The van der Waals surface area contributed by atoms with Crippen molar-refractivity contribution in [2.24, 2.45) is 0 Å². The zero-order valence-corrected chi connectivity index (χ0v) is 16.4. The van der Waals surface area contributed by atoms with Crippen LogP contribution in [0.3, 0.4) is 0 Å². The largest absolute Gasteiger partial charge is 0.290 e. The molecule has 0 saturated heterocycles. The smallest absolute Gasteiger partial charge is 0.241 e. The second-order valence-electron chi connectivity index (χ2n) is 7.43. The van der Waals surface area contributed by atoms with Gasteiger partial charge in [-0.15, -0.1) is 5.98 Å². The second kappa shape index (κ2) is 7.29. The van der Waals surface area contributed by atoms with Gasteiger partial charge in [0.1, 0.15) is 0 Å². The van der Waals surface area contributed by atoms with E-state index >= 15 is 0 Å². The van der Waals surface area contributed by atoms with Gasteiger partial charge in [-0.2, -0.15) is 0 Å². The van der Waals surface area contributed by atoms with Crippen molar-refractivity contribution in [3.8, 4) is 11.1 Å². The first-order chi connectivity index (χ1) is 12.7. The maximum absolute atomic E-state index is 12.8. The van der Waals surface area contributed by atoms with Gasteiger partial charge in [0.2, 0.25) is 10.0 Å². The number of carbonyl (C=O) groups excluding carboxylic acids is 1. The van der Waals surface area contributed by atoms with Crippen LogP contribution in [-0.4, -0.2) is 27.0 Å². The van der Waals surface area contributed by atoms with Crippen molar-refractivity contribution in [2.75, 3.05) is 0 Å². The van der Waals surface area contributed by atoms with Crippen LogP contribution in [0.5, 0.6) is 0 Å². The fourth-order valence-electron chi connectivity index (χ4n) is 2.89. The zero-order valence-electron chi connectivity index (χ0n) is 15.6. The quantitative estimate of drug-likeness (QED) is 0.637. The van der Waals surface area contributed by atoms with Crippen LogP contribution in [-0.2, 0) is 10.0 Å². The highest BCUT2D eigenvalue weighted by Crippen LogP contribution is 2.28. The molecular weight excluding hydrogens is 357 g/mol. The Morgan fingerprint density at radius 1 is 1.00 bits per heavy atom. The van der Waals surface area contributed by atoms with Gasteiger partial charge in [-0.05, 0) is 37.9 Å². The first kappa shape index (κ1) is 19.3. The maximum Gasteiger partial charge on any atom is 0.241 e. The van der Waals surface area contributed by atoms with Crippen LogP contribution in [0, 0.1) is 0 Å². The standard InChI is InChI=1S/C21H21BNO3S/c1-21(2,3)23-27(25,26)19-9-5-4-7-17(19)15-10-12-16(13-11-15)20(24)18-8-6-14-22-18/h4-14,23H,1-3H3. The van der Waals surface area contributed by atoms with E-state index in [1.807, 2.05) is 12.1 Å². The molecule has 0 atom stereocenters. The van der Waals surface area contributed by atoms with Crippen LogP contribution in [0.2, 0.25) is 0 Å². The summed E-state index contributed by atoms with van der Waals surface area (Å²) in [6.45, 7) is 5.41. The zero-order chi connectivity index (χ0) is 19.7. The van der Waals surface area contributed by atoms with E-state index in [-0.39, 0.29) is 10.7 Å². The molecule has 0 amide bonds. The first-order valence-electron chi connectivity index (χ1n) is 8.67. The summed E-state index contributed by atoms with van der Waals surface area (Å²) in [5.41, 5.74) is 1.96. The molecule has 0 saturated carbocycles. The molecule has 1 radical (unpaired) electrons. The van der Waals surface area contributed by atoms with Crippen molar-refractivity contribution < 1.29 is 13.2 Å². The minimum absolute atomic E-state index is 0.0538. The number of benzene rings is 2. The van der Waals surface area contributed by atoms with Crippen molar-refractivity contribution in [2.45, 2.75) is 31.2 Å². The second-order valence-corrected chi connectivity index (χ2v) is 9.08. The molecule has 0 fully saturated rings. The lowest BCUT2D eigenvalue weighted by Gasteiger charge is -2.21. The Morgan fingerprint density at radius 2 is 1.67 bits per heavy atom. The van der Waals surface area contributed by atoms with Crippen LogP contribution in [0.4, 0.5) is 0 Å². The predicted octanol–water partition coefficient (Wildman–Crippen LogP) is 3.73. The molecule has 27 heavy (non-hydrogen) atoms. The summed E-state index contributed by atoms with van der Waals surface area (Å²) in [6, 6.07) is 13.9. The van der Waals surface area contributed by atoms with Gasteiger partial charge in [0.25, 0.3) is 0 Å². The third-order valence-corrected chi connectivity index (χ3v) is 5.82. The van der Waals surface area contributed by atoms with Gasteiger partial charge in [-0.25, -0.2) is 13.1 Å². The Bertz CT molecular complexity index is 1030. The Hall–Kier alpha value is -2.44. The van der Waals surface area contributed by atoms with Crippen molar-refractivity contribution >= 4 is 23.1 Å². The lowest BCUT2D eigenvalue weighted by molar-refractivity contribution is 0.104. The molecule has 4 nitrogen and oxygen atoms in total. The molecule has 2 aromatic rings. The Labute approximate surface area is 161 Å². The average molecular weight is 378 g/mol. The first-order valence-corrected chi connectivity index (χ1v) is 10.2. The van der Waals surface area contributed by atoms with Gasteiger partial charge >= 0.3 is 0 Å². The number of ketones is 1. The van der Waals surface area contributed by atoms with E-state index in [2.05, 4.69) is 4.72 Å². The summed E-state index contributed by atoms with van der Waals surface area (Å²) in [4.78, 5) is 12.6. The number of sulfonamides is 1. The minimum atomic E-state index is -3.68. The van der Waals surface area contributed by atoms with E-state index in [1.165, 1.54) is 0 Å². The molecule has 2 aromatic carbocycles. The number of hydrogen-bond acceptors (Lipinski definition) is 3. The highest BCUT2D eigenvalue weighted by molar-refractivity contribution is 7.89. The lowest BCUT2D eigenvalue weighted by atomic mass is 9.70. The summed E-state index contributed by atoms with van der Waals surface area (Å²) in [7, 11) is -1.90. The van der Waals surface area contributed by atoms with Crippen molar-refractivity contribution in [1.82, 2.24) is 4.72 Å². The molecular formula is C21H21BNO3S. The number of rotatable bonds is 5. The molecule has 0 spiro atoms. The van der Waals surface area contributed by atoms with E-state index in [4.69, 9.17) is 0 Å². The van der Waals surface area contributed by atoms with Gasteiger partial charge in [0.05, 0.1) is 4.90 Å². The van der Waals surface area contributed by atoms with Crippen LogP contribution in [0.15, 0.2) is 77.0 Å². The molecule has 1 heterocycles. The normalized spacial score (nSPS) is 14.0. The van der Waals surface area contributed by atoms with Crippen LogP contribution in [0.1, 0.15) is 31.1 Å². The van der Waals surface area contributed by atoms with Gasteiger partial charge < -0.3 is 0 Å². The monoisotopic (exact) mass is 378 g/mol. The van der Waals surface area contributed by atoms with E-state index in [0.717, 1.165) is 5.56 Å². The molecule has 6 heteroatoms. The van der Waals surface area contributed by atoms with Crippen molar-refractivity contribution in [3.63, 3.8) is 0 Å². The fourth-order valence-corrected chi connectivity index (χ4v) is 4.54. The van der Waals surface area contributed by atoms with E-state index in [9.17, 15) is 13.2 Å². The predicted molar refractivity (Wildman–Crippen MR) is 109 cm³/mol. The summed E-state index contributed by atoms with van der Waals surface area (Å²) >= 11 is 0. The van der Waals surface area contributed by atoms with E-state index in [1.54, 1.807) is 82.7 Å². The number of Topliss-reactive ketones (excluding diaryl/α,β-unsaturated/α-hetero) is 1. The van der Waals surface area contributed by atoms with Crippen molar-refractivity contribution in [3.05, 3.63) is 77.7 Å². The summed E-state index contributed by atoms with van der Waals surface area (Å²) < 4.78 is 28.3. The Morgan fingerprint density at radius 3 is 2.26 bits per heavy atom. The molecule has 3 rings (SSSR count). The topological polar surface area (TPSA) is 63.2 Å². The summed E-state index contributed by atoms with van der Waals surface area (Å²) in [5.74, 6) is 1.77. The lowest BCUT2D eigenvalue weighted by Crippen LogP contribution is -2.40. The molecule has 1 aliphatic heterocycles. The molecule has 0 aliphatic carbocycles. The van der Waals surface area contributed by atoms with Gasteiger partial charge in [0, 0.05) is 16.7 Å². The van der Waals surface area contributed by atoms with E-state index in [0.29, 0.717) is 16.6 Å². The average Bonchev–Trinajstić information content (AvgIpc) is 3.14. The van der Waals surface area contributed by atoms with Crippen LogP contribution >= 0.6 is 0 Å². The van der Waals surface area contributed by atoms with Crippen molar-refractivity contribution in [1.29, 1.82) is 0 Å². The molecule has 1 N–H and O–H groups in total. The van der Waals surface area contributed by atoms with E-state index < -0.39 is 15.6 Å². The summed E-state index contributed by atoms with van der Waals surface area (Å²) in [6.07, 6.45) is 3.60. The number of allylic oxidation sites excluding steroid dienone is 3.